The summed E-state index contributed by atoms with van der Waals surface area (Å²) < 4.78 is 14.0. The molecule has 2 bridgehead atoms. The molecule has 0 radical (unpaired) electrons. The van der Waals surface area contributed by atoms with Crippen LogP contribution in [0.3, 0.4) is 0 Å². The van der Waals surface area contributed by atoms with Gasteiger partial charge in [-0.2, -0.15) is 11.8 Å². The van der Waals surface area contributed by atoms with E-state index in [0.717, 1.165) is 37.3 Å². The highest BCUT2D eigenvalue weighted by Gasteiger charge is 2.45. The van der Waals surface area contributed by atoms with Crippen LogP contribution in [-0.2, 0) is 0 Å². The highest BCUT2D eigenvalue weighted by atomic mass is 32.2. The van der Waals surface area contributed by atoms with Crippen molar-refractivity contribution in [1.82, 2.24) is 0 Å². The van der Waals surface area contributed by atoms with E-state index in [1.807, 2.05) is 11.8 Å². The van der Waals surface area contributed by atoms with Crippen LogP contribution in [0.25, 0.3) is 0 Å². The highest BCUT2D eigenvalue weighted by molar-refractivity contribution is 7.99. The maximum atomic E-state index is 14.0. The van der Waals surface area contributed by atoms with Gasteiger partial charge in [-0.1, -0.05) is 0 Å². The van der Waals surface area contributed by atoms with Crippen molar-refractivity contribution in [3.63, 3.8) is 0 Å². The lowest BCUT2D eigenvalue weighted by Gasteiger charge is -2.47. The molecule has 1 saturated carbocycles. The number of halogens is 1. The number of fused-ring (bicyclic) bond motifs is 2. The lowest BCUT2D eigenvalue weighted by Crippen LogP contribution is -2.45. The van der Waals surface area contributed by atoms with Gasteiger partial charge in [0.25, 0.3) is 0 Å². The fraction of sp³-hybridized carbons (Fsp3) is 1.00. The Morgan fingerprint density at radius 1 is 1.36 bits per heavy atom. The molecule has 0 amide bonds. The zero-order chi connectivity index (χ0) is 10.2. The molecule has 0 spiro atoms. The number of hydrogen-bond donors (Lipinski definition) is 1. The Hall–Kier alpha value is 0.240. The van der Waals surface area contributed by atoms with Gasteiger partial charge >= 0.3 is 0 Å². The molecule has 2 N–H and O–H groups in total. The monoisotopic (exact) mass is 217 g/mol. The highest BCUT2D eigenvalue weighted by Crippen LogP contribution is 2.49. The molecular weight excluding hydrogens is 197 g/mol. The normalized spacial score (nSPS) is 47.8. The third-order valence-electron chi connectivity index (χ3n) is 3.75. The average molecular weight is 217 g/mol. The second-order valence-electron chi connectivity index (χ2n) is 5.12. The largest absolute Gasteiger partial charge is 0.330 e. The fourth-order valence-electron chi connectivity index (χ4n) is 3.26. The van der Waals surface area contributed by atoms with Crippen LogP contribution >= 0.6 is 11.8 Å². The molecule has 2 atom stereocenters. The first kappa shape index (κ1) is 10.7. The summed E-state index contributed by atoms with van der Waals surface area (Å²) in [6, 6.07) is 0. The van der Waals surface area contributed by atoms with Gasteiger partial charge in [-0.05, 0) is 62.0 Å². The van der Waals surface area contributed by atoms with Crippen molar-refractivity contribution < 1.29 is 4.39 Å². The van der Waals surface area contributed by atoms with Crippen LogP contribution in [-0.4, -0.2) is 23.7 Å². The molecule has 2 fully saturated rings. The second-order valence-corrected chi connectivity index (χ2v) is 6.20. The van der Waals surface area contributed by atoms with Crippen molar-refractivity contribution in [3.05, 3.63) is 0 Å². The summed E-state index contributed by atoms with van der Waals surface area (Å²) >= 11 is 2.01. The molecule has 0 aromatic rings. The summed E-state index contributed by atoms with van der Waals surface area (Å²) in [4.78, 5) is 0. The number of alkyl halides is 1. The van der Waals surface area contributed by atoms with Gasteiger partial charge in [0.15, 0.2) is 0 Å². The molecule has 1 aliphatic heterocycles. The number of rotatable bonds is 2. The van der Waals surface area contributed by atoms with Crippen LogP contribution in [0.4, 0.5) is 4.39 Å². The molecule has 2 rings (SSSR count). The summed E-state index contributed by atoms with van der Waals surface area (Å²) in [5.74, 6) is 4.20. The smallest absolute Gasteiger partial charge is 0.108 e. The maximum Gasteiger partial charge on any atom is 0.108 e. The van der Waals surface area contributed by atoms with E-state index in [9.17, 15) is 4.39 Å². The summed E-state index contributed by atoms with van der Waals surface area (Å²) in [6.45, 7) is 2.55. The van der Waals surface area contributed by atoms with E-state index in [4.69, 9.17) is 5.73 Å². The molecule has 2 unspecified atom stereocenters. The van der Waals surface area contributed by atoms with Crippen molar-refractivity contribution in [2.24, 2.45) is 23.5 Å². The standard InChI is InChI=1S/C11H20FNS/c1-11(12)4-8-6-14-7-9(5-11)10(8)2-3-13/h8-10H,2-7,13H2,1H3. The molecule has 0 aromatic carbocycles. The van der Waals surface area contributed by atoms with Crippen LogP contribution in [0.2, 0.25) is 0 Å². The lowest BCUT2D eigenvalue weighted by molar-refractivity contribution is 0.0237. The van der Waals surface area contributed by atoms with E-state index in [0.29, 0.717) is 17.8 Å². The van der Waals surface area contributed by atoms with Gasteiger partial charge < -0.3 is 5.73 Å². The Kier molecular flexibility index (Phi) is 3.08. The first-order chi connectivity index (χ1) is 6.62. The molecule has 82 valence electrons. The molecule has 2 aliphatic rings. The van der Waals surface area contributed by atoms with Crippen LogP contribution in [0, 0.1) is 17.8 Å². The van der Waals surface area contributed by atoms with Crippen molar-refractivity contribution >= 4 is 11.8 Å². The fourth-order valence-corrected chi connectivity index (χ4v) is 4.74. The van der Waals surface area contributed by atoms with Crippen molar-refractivity contribution in [1.29, 1.82) is 0 Å². The second kappa shape index (κ2) is 4.01. The first-order valence-corrected chi connectivity index (χ1v) is 6.74. The van der Waals surface area contributed by atoms with E-state index in [-0.39, 0.29) is 0 Å². The number of thioether (sulfide) groups is 1. The van der Waals surface area contributed by atoms with Gasteiger partial charge in [0.1, 0.15) is 5.67 Å². The summed E-state index contributed by atoms with van der Waals surface area (Å²) in [6.07, 6.45) is 2.63. The molecule has 1 heterocycles. The molecule has 1 saturated heterocycles. The topological polar surface area (TPSA) is 26.0 Å². The van der Waals surface area contributed by atoms with Crippen molar-refractivity contribution in [3.8, 4) is 0 Å². The first-order valence-electron chi connectivity index (χ1n) is 5.59. The molecule has 1 nitrogen and oxygen atoms in total. The molecule has 3 heteroatoms. The third-order valence-corrected chi connectivity index (χ3v) is 5.08. The number of nitrogens with two attached hydrogens (primary N) is 1. The van der Waals surface area contributed by atoms with Crippen LogP contribution in [0.5, 0.6) is 0 Å². The van der Waals surface area contributed by atoms with Crippen molar-refractivity contribution in [2.75, 3.05) is 18.1 Å². The van der Waals surface area contributed by atoms with Gasteiger partial charge in [-0.3, -0.25) is 0 Å². The van der Waals surface area contributed by atoms with Gasteiger partial charge in [0, 0.05) is 0 Å². The van der Waals surface area contributed by atoms with Crippen LogP contribution < -0.4 is 5.73 Å². The van der Waals surface area contributed by atoms with E-state index >= 15 is 0 Å². The minimum Gasteiger partial charge on any atom is -0.330 e. The lowest BCUT2D eigenvalue weighted by atomic mass is 9.66. The van der Waals surface area contributed by atoms with Crippen molar-refractivity contribution in [2.45, 2.75) is 31.9 Å². The van der Waals surface area contributed by atoms with Crippen LogP contribution in [0.15, 0.2) is 0 Å². The van der Waals surface area contributed by atoms with Gasteiger partial charge in [-0.25, -0.2) is 4.39 Å². The molecular formula is C11H20FNS. The minimum absolute atomic E-state index is 0.589. The Morgan fingerprint density at radius 2 is 1.93 bits per heavy atom. The summed E-state index contributed by atoms with van der Waals surface area (Å²) in [7, 11) is 0. The molecule has 14 heavy (non-hydrogen) atoms. The quantitative estimate of drug-likeness (QED) is 0.769. The zero-order valence-electron chi connectivity index (χ0n) is 8.84. The van der Waals surface area contributed by atoms with Gasteiger partial charge in [0.2, 0.25) is 0 Å². The predicted molar refractivity (Wildman–Crippen MR) is 60.2 cm³/mol. The van der Waals surface area contributed by atoms with Gasteiger partial charge in [-0.15, -0.1) is 0 Å². The molecule has 1 aliphatic carbocycles. The third kappa shape index (κ3) is 2.08. The number of hydrogen-bond acceptors (Lipinski definition) is 2. The van der Waals surface area contributed by atoms with E-state index < -0.39 is 5.67 Å². The Balaban J connectivity index is 2.07. The zero-order valence-corrected chi connectivity index (χ0v) is 9.65. The van der Waals surface area contributed by atoms with Crippen LogP contribution in [0.1, 0.15) is 26.2 Å². The van der Waals surface area contributed by atoms with E-state index in [1.54, 1.807) is 6.92 Å². The van der Waals surface area contributed by atoms with E-state index in [1.165, 1.54) is 0 Å². The minimum atomic E-state index is -0.901. The Labute approximate surface area is 90.0 Å². The average Bonchev–Trinajstić information content (AvgIpc) is 2.06. The van der Waals surface area contributed by atoms with Gasteiger partial charge in [0.05, 0.1) is 0 Å². The summed E-state index contributed by atoms with van der Waals surface area (Å²) in [5.41, 5.74) is 4.73. The Morgan fingerprint density at radius 3 is 2.43 bits per heavy atom. The summed E-state index contributed by atoms with van der Waals surface area (Å²) in [5, 5.41) is 0. The maximum absolute atomic E-state index is 14.0. The Bertz CT molecular complexity index is 191. The predicted octanol–water partition coefficient (Wildman–Crippen LogP) is 2.45. The SMILES string of the molecule is CC1(F)CC2CSCC(C1)C2CCN. The van der Waals surface area contributed by atoms with E-state index in [2.05, 4.69) is 0 Å². The molecule has 0 aromatic heterocycles.